The van der Waals surface area contributed by atoms with Crippen LogP contribution in [-0.4, -0.2) is 16.9 Å². The zero-order chi connectivity index (χ0) is 9.47. The van der Waals surface area contributed by atoms with Gasteiger partial charge < -0.3 is 5.11 Å². The van der Waals surface area contributed by atoms with Gasteiger partial charge in [-0.2, -0.15) is 0 Å². The van der Waals surface area contributed by atoms with E-state index < -0.39 is 11.4 Å². The summed E-state index contributed by atoms with van der Waals surface area (Å²) in [7, 11) is 0. The highest BCUT2D eigenvalue weighted by Gasteiger charge is 2.50. The van der Waals surface area contributed by atoms with Crippen molar-refractivity contribution in [2.24, 2.45) is 11.3 Å². The molecule has 2 aliphatic carbocycles. The number of carboxylic acids is 1. The van der Waals surface area contributed by atoms with E-state index in [4.69, 9.17) is 5.11 Å². The number of fused-ring (bicyclic) bond motifs is 2. The van der Waals surface area contributed by atoms with Crippen LogP contribution in [0.5, 0.6) is 0 Å². The number of ketones is 1. The Morgan fingerprint density at radius 2 is 2.38 bits per heavy atom. The van der Waals surface area contributed by atoms with Gasteiger partial charge in [-0.15, -0.1) is 0 Å². The second kappa shape index (κ2) is 2.69. The van der Waals surface area contributed by atoms with E-state index in [9.17, 15) is 9.59 Å². The Morgan fingerprint density at radius 3 is 3.00 bits per heavy atom. The molecule has 0 spiro atoms. The van der Waals surface area contributed by atoms with Crippen LogP contribution in [0.25, 0.3) is 0 Å². The van der Waals surface area contributed by atoms with Crippen LogP contribution in [0.15, 0.2) is 12.2 Å². The molecule has 0 saturated heterocycles. The van der Waals surface area contributed by atoms with Crippen molar-refractivity contribution in [1.82, 2.24) is 0 Å². The van der Waals surface area contributed by atoms with Gasteiger partial charge in [-0.1, -0.05) is 18.6 Å². The molecule has 2 unspecified atom stereocenters. The average Bonchev–Trinajstić information content (AvgIpc) is 2.03. The molecule has 0 amide bonds. The van der Waals surface area contributed by atoms with Gasteiger partial charge in [0.15, 0.2) is 5.78 Å². The molecule has 2 aliphatic rings. The van der Waals surface area contributed by atoms with E-state index in [-0.39, 0.29) is 11.7 Å². The highest BCUT2D eigenvalue weighted by Crippen LogP contribution is 2.43. The number of rotatable bonds is 1. The molecule has 2 atom stereocenters. The first kappa shape index (κ1) is 8.48. The molecular weight excluding hydrogens is 168 g/mol. The Balaban J connectivity index is 2.42. The molecule has 3 heteroatoms. The summed E-state index contributed by atoms with van der Waals surface area (Å²) in [6.45, 7) is 0. The van der Waals surface area contributed by atoms with Gasteiger partial charge in [-0.3, -0.25) is 9.59 Å². The summed E-state index contributed by atoms with van der Waals surface area (Å²) in [5.41, 5.74) is -1.07. The first-order valence-electron chi connectivity index (χ1n) is 4.61. The van der Waals surface area contributed by atoms with Crippen molar-refractivity contribution in [2.45, 2.75) is 25.7 Å². The number of allylic oxidation sites excluding steroid dienone is 2. The lowest BCUT2D eigenvalue weighted by atomic mass is 9.64. The van der Waals surface area contributed by atoms with Gasteiger partial charge in [-0.05, 0) is 19.3 Å². The molecule has 0 aromatic rings. The number of Topliss-reactive ketones (excluding diaryl/α,β-unsaturated/α-hetero) is 1. The van der Waals surface area contributed by atoms with E-state index in [0.717, 1.165) is 12.8 Å². The zero-order valence-electron chi connectivity index (χ0n) is 7.32. The maximum absolute atomic E-state index is 11.7. The van der Waals surface area contributed by atoms with Crippen molar-refractivity contribution in [3.63, 3.8) is 0 Å². The van der Waals surface area contributed by atoms with Crippen LogP contribution < -0.4 is 0 Å². The van der Waals surface area contributed by atoms with Crippen molar-refractivity contribution in [3.8, 4) is 0 Å². The van der Waals surface area contributed by atoms with Gasteiger partial charge in [0.25, 0.3) is 0 Å². The Labute approximate surface area is 76.4 Å². The van der Waals surface area contributed by atoms with Crippen LogP contribution in [0.3, 0.4) is 0 Å². The summed E-state index contributed by atoms with van der Waals surface area (Å²) in [6.07, 6.45) is 6.29. The molecule has 0 heterocycles. The van der Waals surface area contributed by atoms with Gasteiger partial charge in [-0.25, -0.2) is 0 Å². The number of hydrogen-bond donors (Lipinski definition) is 1. The van der Waals surface area contributed by atoms with Gasteiger partial charge in [0.05, 0.1) is 0 Å². The van der Waals surface area contributed by atoms with E-state index in [1.54, 1.807) is 0 Å². The van der Waals surface area contributed by atoms with Crippen LogP contribution in [0, 0.1) is 11.3 Å². The number of hydrogen-bond acceptors (Lipinski definition) is 2. The average molecular weight is 180 g/mol. The van der Waals surface area contributed by atoms with Gasteiger partial charge in [0, 0.05) is 5.92 Å². The van der Waals surface area contributed by atoms with E-state index >= 15 is 0 Å². The normalized spacial score (nSPS) is 37.5. The van der Waals surface area contributed by atoms with Crippen molar-refractivity contribution < 1.29 is 14.7 Å². The maximum Gasteiger partial charge on any atom is 0.317 e. The van der Waals surface area contributed by atoms with E-state index in [1.807, 2.05) is 12.2 Å². The molecule has 1 N–H and O–H groups in total. The minimum atomic E-state index is -1.07. The summed E-state index contributed by atoms with van der Waals surface area (Å²) in [5, 5.41) is 9.06. The van der Waals surface area contributed by atoms with Crippen LogP contribution in [0.4, 0.5) is 0 Å². The van der Waals surface area contributed by atoms with Crippen LogP contribution in [0.2, 0.25) is 0 Å². The molecule has 0 aromatic heterocycles. The monoisotopic (exact) mass is 180 g/mol. The van der Waals surface area contributed by atoms with Crippen molar-refractivity contribution >= 4 is 11.8 Å². The molecule has 1 fully saturated rings. The Bertz CT molecular complexity index is 293. The second-order valence-corrected chi connectivity index (χ2v) is 3.88. The minimum absolute atomic E-state index is 0.0752. The minimum Gasteiger partial charge on any atom is -0.480 e. The third-order valence-corrected chi connectivity index (χ3v) is 3.17. The lowest BCUT2D eigenvalue weighted by Crippen LogP contribution is -2.46. The fourth-order valence-electron chi connectivity index (χ4n) is 2.35. The summed E-state index contributed by atoms with van der Waals surface area (Å²) in [6, 6.07) is 0. The molecule has 1 saturated carbocycles. The number of carbonyl (C=O) groups is 2. The molecule has 0 radical (unpaired) electrons. The molecule has 0 aromatic carbocycles. The number of carbonyl (C=O) groups excluding carboxylic acids is 1. The predicted molar refractivity (Wildman–Crippen MR) is 46.2 cm³/mol. The van der Waals surface area contributed by atoms with Crippen molar-refractivity contribution in [2.75, 3.05) is 0 Å². The first-order valence-corrected chi connectivity index (χ1v) is 4.61. The highest BCUT2D eigenvalue weighted by atomic mass is 16.4. The molecule has 2 rings (SSSR count). The SMILES string of the molecule is O=C(O)C12CC=CC(CCC1)C2=O. The molecule has 13 heavy (non-hydrogen) atoms. The van der Waals surface area contributed by atoms with E-state index in [1.165, 1.54) is 0 Å². The zero-order valence-corrected chi connectivity index (χ0v) is 7.32. The van der Waals surface area contributed by atoms with Crippen LogP contribution in [-0.2, 0) is 9.59 Å². The van der Waals surface area contributed by atoms with Crippen LogP contribution >= 0.6 is 0 Å². The van der Waals surface area contributed by atoms with Crippen molar-refractivity contribution in [3.05, 3.63) is 12.2 Å². The fourth-order valence-corrected chi connectivity index (χ4v) is 2.35. The Hall–Kier alpha value is -1.12. The Kier molecular flexibility index (Phi) is 1.75. The van der Waals surface area contributed by atoms with Crippen LogP contribution in [0.1, 0.15) is 25.7 Å². The highest BCUT2D eigenvalue weighted by molar-refractivity contribution is 6.06. The summed E-state index contributed by atoms with van der Waals surface area (Å²) < 4.78 is 0. The molecule has 2 bridgehead atoms. The number of carboxylic acid groups (broad SMARTS) is 1. The Morgan fingerprint density at radius 1 is 1.62 bits per heavy atom. The fraction of sp³-hybridized carbons (Fsp3) is 0.600. The lowest BCUT2D eigenvalue weighted by Gasteiger charge is -2.37. The van der Waals surface area contributed by atoms with E-state index in [2.05, 4.69) is 0 Å². The first-order chi connectivity index (χ1) is 6.17. The molecule has 0 aliphatic heterocycles. The van der Waals surface area contributed by atoms with Crippen molar-refractivity contribution in [1.29, 1.82) is 0 Å². The molecule has 70 valence electrons. The topological polar surface area (TPSA) is 54.4 Å². The second-order valence-electron chi connectivity index (χ2n) is 3.88. The van der Waals surface area contributed by atoms with Gasteiger partial charge in [0.1, 0.15) is 5.41 Å². The standard InChI is InChI=1S/C10H12O3/c11-8-7-3-1-5-10(8,9(12)13)6-2-4-7/h1,3,7H,2,4-6H2,(H,12,13). The third-order valence-electron chi connectivity index (χ3n) is 3.17. The molecule has 3 nitrogen and oxygen atoms in total. The predicted octanol–water partition coefficient (Wildman–Crippen LogP) is 1.39. The van der Waals surface area contributed by atoms with E-state index in [0.29, 0.717) is 12.8 Å². The quantitative estimate of drug-likeness (QED) is 0.490. The van der Waals surface area contributed by atoms with Gasteiger partial charge >= 0.3 is 5.97 Å². The number of aliphatic carboxylic acids is 1. The summed E-state index contributed by atoms with van der Waals surface area (Å²) in [4.78, 5) is 22.8. The maximum atomic E-state index is 11.7. The lowest BCUT2D eigenvalue weighted by molar-refractivity contribution is -0.158. The molecular formula is C10H12O3. The van der Waals surface area contributed by atoms with Gasteiger partial charge in [0.2, 0.25) is 0 Å². The summed E-state index contributed by atoms with van der Waals surface area (Å²) >= 11 is 0. The summed E-state index contributed by atoms with van der Waals surface area (Å²) in [5.74, 6) is -1.14. The smallest absolute Gasteiger partial charge is 0.317 e. The largest absolute Gasteiger partial charge is 0.480 e. The third kappa shape index (κ3) is 1.03.